The number of nitrogen functional groups attached to an aromatic ring is 1. The van der Waals surface area contributed by atoms with E-state index < -0.39 is 5.82 Å². The SMILES string of the molecule is CN(C)C(=O)c1cc(F)c(C2=CCN(Cc3cc4c(-c5ccc(N)nn5)ccnc4n3C)CC2)c(Cl)c1. The molecule has 1 aliphatic rings. The van der Waals surface area contributed by atoms with Gasteiger partial charge < -0.3 is 15.2 Å². The van der Waals surface area contributed by atoms with Crippen molar-refractivity contribution in [1.82, 2.24) is 29.5 Å². The van der Waals surface area contributed by atoms with E-state index >= 15 is 0 Å². The van der Waals surface area contributed by atoms with Gasteiger partial charge in [0.15, 0.2) is 0 Å². The number of hydrogen-bond donors (Lipinski definition) is 1. The lowest BCUT2D eigenvalue weighted by atomic mass is 9.97. The lowest BCUT2D eigenvalue weighted by Crippen LogP contribution is -2.29. The van der Waals surface area contributed by atoms with Crippen LogP contribution >= 0.6 is 11.6 Å². The van der Waals surface area contributed by atoms with Gasteiger partial charge in [-0.15, -0.1) is 10.2 Å². The van der Waals surface area contributed by atoms with Gasteiger partial charge in [0.2, 0.25) is 0 Å². The van der Waals surface area contributed by atoms with E-state index in [4.69, 9.17) is 17.3 Å². The van der Waals surface area contributed by atoms with E-state index in [0.29, 0.717) is 30.9 Å². The summed E-state index contributed by atoms with van der Waals surface area (Å²) in [5.41, 5.74) is 10.8. The highest BCUT2D eigenvalue weighted by Crippen LogP contribution is 2.33. The van der Waals surface area contributed by atoms with E-state index in [9.17, 15) is 9.18 Å². The third-order valence-electron chi connectivity index (χ3n) is 6.68. The van der Waals surface area contributed by atoms with Crippen LogP contribution < -0.4 is 5.73 Å². The highest BCUT2D eigenvalue weighted by molar-refractivity contribution is 6.32. The maximum absolute atomic E-state index is 15.0. The van der Waals surface area contributed by atoms with Crippen molar-refractivity contribution in [3.05, 3.63) is 76.3 Å². The van der Waals surface area contributed by atoms with E-state index in [1.165, 1.54) is 11.0 Å². The highest BCUT2D eigenvalue weighted by Gasteiger charge is 2.22. The Morgan fingerprint density at radius 2 is 2.00 bits per heavy atom. The van der Waals surface area contributed by atoms with Gasteiger partial charge in [-0.25, -0.2) is 9.37 Å². The quantitative estimate of drug-likeness (QED) is 0.420. The number of nitrogens with two attached hydrogens (primary N) is 1. The molecule has 10 heteroatoms. The maximum Gasteiger partial charge on any atom is 0.253 e. The Hall–Kier alpha value is -3.82. The Morgan fingerprint density at radius 1 is 1.19 bits per heavy atom. The molecule has 0 aliphatic carbocycles. The number of amides is 1. The first kappa shape index (κ1) is 24.9. The standard InChI is InChI=1S/C27H27ClFN7O/c1-34(2)27(37)17-12-21(28)25(22(29)13-17)16-7-10-36(11-8-16)15-18-14-20-19(6-9-31-26(20)35(18)3)23-4-5-24(30)33-32-23/h4-7,9,12-14H,8,10-11,15H2,1-3H3,(H2,30,33). The Balaban J connectivity index is 1.37. The Labute approximate surface area is 219 Å². The summed E-state index contributed by atoms with van der Waals surface area (Å²) < 4.78 is 17.1. The van der Waals surface area contributed by atoms with Gasteiger partial charge in [-0.05, 0) is 48.4 Å². The normalized spacial score (nSPS) is 14.1. The van der Waals surface area contributed by atoms with Crippen LogP contribution in [-0.4, -0.2) is 62.6 Å². The second kappa shape index (κ2) is 9.91. The molecule has 0 saturated carbocycles. The second-order valence-electron chi connectivity index (χ2n) is 9.36. The summed E-state index contributed by atoms with van der Waals surface area (Å²) in [7, 11) is 5.25. The minimum absolute atomic E-state index is 0.239. The molecule has 0 spiro atoms. The largest absolute Gasteiger partial charge is 0.382 e. The predicted molar refractivity (Wildman–Crippen MR) is 143 cm³/mol. The number of benzene rings is 1. The summed E-state index contributed by atoms with van der Waals surface area (Å²) >= 11 is 6.43. The molecule has 4 aromatic rings. The number of aryl methyl sites for hydroxylation is 1. The van der Waals surface area contributed by atoms with Gasteiger partial charge in [-0.1, -0.05) is 17.7 Å². The molecule has 0 atom stereocenters. The third kappa shape index (κ3) is 4.80. The molecule has 5 rings (SSSR count). The van der Waals surface area contributed by atoms with Crippen LogP contribution in [0.3, 0.4) is 0 Å². The molecule has 2 N–H and O–H groups in total. The molecule has 1 aliphatic heterocycles. The zero-order chi connectivity index (χ0) is 26.3. The average molecular weight is 520 g/mol. The van der Waals surface area contributed by atoms with Crippen LogP contribution in [0.5, 0.6) is 0 Å². The number of fused-ring (bicyclic) bond motifs is 1. The zero-order valence-electron chi connectivity index (χ0n) is 20.9. The first-order valence-corrected chi connectivity index (χ1v) is 12.3. The van der Waals surface area contributed by atoms with Crippen LogP contribution in [0.4, 0.5) is 10.2 Å². The van der Waals surface area contributed by atoms with Gasteiger partial charge in [0.1, 0.15) is 17.3 Å². The highest BCUT2D eigenvalue weighted by atomic mass is 35.5. The second-order valence-corrected chi connectivity index (χ2v) is 9.77. The number of aromatic nitrogens is 4. The third-order valence-corrected chi connectivity index (χ3v) is 6.98. The number of nitrogens with zero attached hydrogens (tertiary/aromatic N) is 6. The van der Waals surface area contributed by atoms with Gasteiger partial charge in [0, 0.05) is 74.7 Å². The van der Waals surface area contributed by atoms with Crippen LogP contribution in [0.1, 0.15) is 28.0 Å². The molecule has 37 heavy (non-hydrogen) atoms. The van der Waals surface area contributed by atoms with Crippen molar-refractivity contribution >= 4 is 39.9 Å². The van der Waals surface area contributed by atoms with E-state index in [-0.39, 0.29) is 16.5 Å². The van der Waals surface area contributed by atoms with Crippen molar-refractivity contribution in [2.45, 2.75) is 13.0 Å². The fourth-order valence-electron chi connectivity index (χ4n) is 4.71. The van der Waals surface area contributed by atoms with E-state index in [2.05, 4.69) is 30.7 Å². The summed E-state index contributed by atoms with van der Waals surface area (Å²) in [6, 6.07) is 10.5. The average Bonchev–Trinajstić information content (AvgIpc) is 3.19. The Kier molecular flexibility index (Phi) is 6.66. The predicted octanol–water partition coefficient (Wildman–Crippen LogP) is 4.40. The first-order chi connectivity index (χ1) is 17.7. The smallest absolute Gasteiger partial charge is 0.253 e. The van der Waals surface area contributed by atoms with E-state index in [0.717, 1.165) is 40.1 Å². The summed E-state index contributed by atoms with van der Waals surface area (Å²) in [4.78, 5) is 20.5. The van der Waals surface area contributed by atoms with Gasteiger partial charge in [-0.2, -0.15) is 0 Å². The van der Waals surface area contributed by atoms with Crippen molar-refractivity contribution in [2.75, 3.05) is 32.9 Å². The minimum Gasteiger partial charge on any atom is -0.382 e. The monoisotopic (exact) mass is 519 g/mol. The molecule has 3 aromatic heterocycles. The molecule has 0 fully saturated rings. The number of carbonyl (C=O) groups is 1. The summed E-state index contributed by atoms with van der Waals surface area (Å²) in [6.45, 7) is 2.09. The topological polar surface area (TPSA) is 93.2 Å². The fraction of sp³-hybridized carbons (Fsp3) is 0.259. The number of hydrogen-bond acceptors (Lipinski definition) is 6. The van der Waals surface area contributed by atoms with E-state index in [1.807, 2.05) is 25.3 Å². The molecule has 1 aromatic carbocycles. The van der Waals surface area contributed by atoms with Gasteiger partial charge >= 0.3 is 0 Å². The van der Waals surface area contributed by atoms with Gasteiger partial charge in [0.25, 0.3) is 5.91 Å². The maximum atomic E-state index is 15.0. The van der Waals surface area contributed by atoms with Crippen LogP contribution in [-0.2, 0) is 13.6 Å². The molecular weight excluding hydrogens is 493 g/mol. The number of rotatable bonds is 5. The molecule has 0 unspecified atom stereocenters. The van der Waals surface area contributed by atoms with Gasteiger partial charge in [0.05, 0.1) is 10.7 Å². The first-order valence-electron chi connectivity index (χ1n) is 11.9. The fourth-order valence-corrected chi connectivity index (χ4v) is 5.03. The lowest BCUT2D eigenvalue weighted by molar-refractivity contribution is 0.0827. The zero-order valence-corrected chi connectivity index (χ0v) is 21.6. The molecule has 190 valence electrons. The number of pyridine rings is 1. The molecule has 0 bridgehead atoms. The summed E-state index contributed by atoms with van der Waals surface area (Å²) in [6.07, 6.45) is 4.43. The Morgan fingerprint density at radius 3 is 2.65 bits per heavy atom. The van der Waals surface area contributed by atoms with Crippen molar-refractivity contribution < 1.29 is 9.18 Å². The van der Waals surface area contributed by atoms with Gasteiger partial charge in [-0.3, -0.25) is 9.69 Å². The number of halogens is 2. The molecular formula is C27H27ClFN7O. The summed E-state index contributed by atoms with van der Waals surface area (Å²) in [5, 5.41) is 9.46. The van der Waals surface area contributed by atoms with Crippen LogP contribution in [0, 0.1) is 5.82 Å². The van der Waals surface area contributed by atoms with Crippen molar-refractivity contribution in [2.24, 2.45) is 7.05 Å². The minimum atomic E-state index is -0.476. The molecule has 0 radical (unpaired) electrons. The molecule has 4 heterocycles. The van der Waals surface area contributed by atoms with Crippen LogP contribution in [0.15, 0.2) is 48.7 Å². The number of carbonyl (C=O) groups excluding carboxylic acids is 1. The van der Waals surface area contributed by atoms with Crippen LogP contribution in [0.25, 0.3) is 27.9 Å². The van der Waals surface area contributed by atoms with Crippen molar-refractivity contribution in [1.29, 1.82) is 0 Å². The Bertz CT molecular complexity index is 1510. The van der Waals surface area contributed by atoms with E-state index in [1.54, 1.807) is 32.4 Å². The van der Waals surface area contributed by atoms with Crippen molar-refractivity contribution in [3.63, 3.8) is 0 Å². The molecule has 8 nitrogen and oxygen atoms in total. The number of anilines is 1. The summed E-state index contributed by atoms with van der Waals surface area (Å²) in [5.74, 6) is -0.387. The van der Waals surface area contributed by atoms with Crippen molar-refractivity contribution in [3.8, 4) is 11.3 Å². The molecule has 1 amide bonds. The lowest BCUT2D eigenvalue weighted by Gasteiger charge is -2.27. The van der Waals surface area contributed by atoms with Crippen LogP contribution in [0.2, 0.25) is 5.02 Å². The molecule has 0 saturated heterocycles.